The first-order chi connectivity index (χ1) is 11.8. The fourth-order valence-corrected chi connectivity index (χ4v) is 3.58. The lowest BCUT2D eigenvalue weighted by molar-refractivity contribution is -0.0884. The van der Waals surface area contributed by atoms with E-state index in [2.05, 4.69) is 15.2 Å². The van der Waals surface area contributed by atoms with Crippen molar-refractivity contribution >= 4 is 22.7 Å². The molecule has 132 valence electrons. The summed E-state index contributed by atoms with van der Waals surface area (Å²) >= 11 is 0. The molecule has 2 fully saturated rings. The zero-order valence-corrected chi connectivity index (χ0v) is 13.0. The van der Waals surface area contributed by atoms with Crippen LogP contribution in [0, 0.1) is 5.92 Å². The summed E-state index contributed by atoms with van der Waals surface area (Å²) in [7, 11) is 0. The molecule has 0 spiro atoms. The molecule has 2 aromatic rings. The van der Waals surface area contributed by atoms with Crippen molar-refractivity contribution < 1.29 is 27.2 Å². The molecule has 2 bridgehead atoms. The molecule has 6 nitrogen and oxygen atoms in total. The smallest absolute Gasteiger partial charge is 0.455 e. The number of piperidine rings is 1. The van der Waals surface area contributed by atoms with Crippen LogP contribution in [0.5, 0.6) is 0 Å². The molecule has 1 amide bonds. The largest absolute Gasteiger partial charge is 0.462 e. The molecule has 1 N–H and O–H groups in total. The molecule has 25 heavy (non-hydrogen) atoms. The van der Waals surface area contributed by atoms with E-state index >= 15 is 0 Å². The van der Waals surface area contributed by atoms with Crippen LogP contribution in [0.2, 0.25) is 0 Å². The maximum Gasteiger partial charge on any atom is 0.455 e. The number of pyridine rings is 1. The Morgan fingerprint density at radius 1 is 1.32 bits per heavy atom. The lowest BCUT2D eigenvalue weighted by Gasteiger charge is -2.22. The lowest BCUT2D eigenvalue weighted by atomic mass is 10.00. The standard InChI is InChI=1S/C16H14F3N3O3/c17-16(18,19)14(23)10-7-25-13-4-20-11(3-9(10)13)15(24)21-12-6-22-2-1-8(12)5-22/h3-4,7-8,12H,1-2,5-6H2,(H,21,24)/t8-,12?/m0/s1. The van der Waals surface area contributed by atoms with Crippen LogP contribution in [0.3, 0.4) is 0 Å². The molecular formula is C16H14F3N3O3. The zero-order valence-electron chi connectivity index (χ0n) is 13.0. The number of fused-ring (bicyclic) bond motifs is 3. The Labute approximate surface area is 140 Å². The molecule has 0 aromatic carbocycles. The fraction of sp³-hybridized carbons (Fsp3) is 0.438. The predicted octanol–water partition coefficient (Wildman–Crippen LogP) is 2.01. The zero-order chi connectivity index (χ0) is 17.8. The van der Waals surface area contributed by atoms with Crippen molar-refractivity contribution in [2.45, 2.75) is 18.6 Å². The maximum absolute atomic E-state index is 12.7. The molecule has 0 saturated carbocycles. The van der Waals surface area contributed by atoms with Crippen LogP contribution in [0.1, 0.15) is 27.3 Å². The number of halogens is 3. The minimum Gasteiger partial charge on any atom is -0.462 e. The number of nitrogens with zero attached hydrogens (tertiary/aromatic N) is 2. The van der Waals surface area contributed by atoms with E-state index in [-0.39, 0.29) is 22.7 Å². The van der Waals surface area contributed by atoms with Crippen molar-refractivity contribution in [1.82, 2.24) is 15.2 Å². The molecule has 2 unspecified atom stereocenters. The minimum absolute atomic E-state index is 0.0133. The van der Waals surface area contributed by atoms with Crippen molar-refractivity contribution in [2.24, 2.45) is 5.92 Å². The Morgan fingerprint density at radius 2 is 2.12 bits per heavy atom. The highest BCUT2D eigenvalue weighted by Crippen LogP contribution is 2.30. The van der Waals surface area contributed by atoms with Gasteiger partial charge in [0.1, 0.15) is 12.0 Å². The molecule has 2 aliphatic rings. The number of amides is 1. The van der Waals surface area contributed by atoms with Gasteiger partial charge in [0.05, 0.1) is 11.8 Å². The van der Waals surface area contributed by atoms with Gasteiger partial charge < -0.3 is 14.6 Å². The molecule has 2 saturated heterocycles. The second-order valence-corrected chi connectivity index (χ2v) is 6.43. The van der Waals surface area contributed by atoms with E-state index in [0.717, 1.165) is 38.5 Å². The third kappa shape index (κ3) is 2.78. The number of aromatic nitrogens is 1. The number of carbonyl (C=O) groups is 2. The van der Waals surface area contributed by atoms with Gasteiger partial charge in [-0.1, -0.05) is 0 Å². The minimum atomic E-state index is -5.01. The van der Waals surface area contributed by atoms with Gasteiger partial charge in [-0.25, -0.2) is 4.98 Å². The molecule has 0 radical (unpaired) electrons. The molecular weight excluding hydrogens is 339 g/mol. The summed E-state index contributed by atoms with van der Waals surface area (Å²) < 4.78 is 42.9. The van der Waals surface area contributed by atoms with Gasteiger partial charge >= 0.3 is 6.18 Å². The quantitative estimate of drug-likeness (QED) is 0.855. The van der Waals surface area contributed by atoms with Crippen LogP contribution in [0.25, 0.3) is 11.0 Å². The molecule has 3 atom stereocenters. The van der Waals surface area contributed by atoms with E-state index in [1.807, 2.05) is 0 Å². The van der Waals surface area contributed by atoms with Crippen molar-refractivity contribution in [3.05, 3.63) is 29.8 Å². The summed E-state index contributed by atoms with van der Waals surface area (Å²) in [4.78, 5) is 30.1. The lowest BCUT2D eigenvalue weighted by Crippen LogP contribution is -2.43. The Morgan fingerprint density at radius 3 is 2.76 bits per heavy atom. The summed E-state index contributed by atoms with van der Waals surface area (Å²) in [5, 5.41) is 2.81. The SMILES string of the molecule is O=C(NC1CN2CC[C@H]1C2)c1cc2c(C(=O)C(F)(F)F)coc2cn1. The highest BCUT2D eigenvalue weighted by atomic mass is 19.4. The number of hydrogen-bond donors (Lipinski definition) is 1. The van der Waals surface area contributed by atoms with Crippen LogP contribution in [-0.4, -0.2) is 53.4 Å². The number of Topliss-reactive ketones (excluding diaryl/α,β-unsaturated/α-hetero) is 1. The first-order valence-electron chi connectivity index (χ1n) is 7.85. The van der Waals surface area contributed by atoms with Crippen molar-refractivity contribution in [1.29, 1.82) is 0 Å². The summed E-state index contributed by atoms with van der Waals surface area (Å²) in [5.74, 6) is -2.08. The van der Waals surface area contributed by atoms with Crippen LogP contribution < -0.4 is 5.32 Å². The molecule has 4 rings (SSSR count). The van der Waals surface area contributed by atoms with Crippen LogP contribution in [0.4, 0.5) is 13.2 Å². The number of nitrogens with one attached hydrogen (secondary N) is 1. The van der Waals surface area contributed by atoms with Crippen LogP contribution in [0.15, 0.2) is 22.9 Å². The second-order valence-electron chi connectivity index (χ2n) is 6.43. The Balaban J connectivity index is 1.60. The predicted molar refractivity (Wildman–Crippen MR) is 80.2 cm³/mol. The highest BCUT2D eigenvalue weighted by Gasteiger charge is 2.41. The fourth-order valence-electron chi connectivity index (χ4n) is 3.58. The number of furan rings is 1. The van der Waals surface area contributed by atoms with Gasteiger partial charge in [-0.3, -0.25) is 9.59 Å². The average Bonchev–Trinajstić information content (AvgIpc) is 3.27. The van der Waals surface area contributed by atoms with Crippen LogP contribution >= 0.6 is 0 Å². The topological polar surface area (TPSA) is 75.4 Å². The molecule has 9 heteroatoms. The van der Waals surface area contributed by atoms with E-state index in [9.17, 15) is 22.8 Å². The van der Waals surface area contributed by atoms with Crippen molar-refractivity contribution in [3.63, 3.8) is 0 Å². The summed E-state index contributed by atoms with van der Waals surface area (Å²) in [6.45, 7) is 2.74. The van der Waals surface area contributed by atoms with E-state index < -0.39 is 23.4 Å². The Bertz CT molecular complexity index is 861. The van der Waals surface area contributed by atoms with Gasteiger partial charge in [0, 0.05) is 24.5 Å². The summed E-state index contributed by atoms with van der Waals surface area (Å²) in [5.41, 5.74) is -0.636. The van der Waals surface area contributed by atoms with Gasteiger partial charge in [-0.2, -0.15) is 13.2 Å². The van der Waals surface area contributed by atoms with Crippen molar-refractivity contribution in [2.75, 3.05) is 19.6 Å². The average molecular weight is 353 g/mol. The monoisotopic (exact) mass is 353 g/mol. The number of carbonyl (C=O) groups excluding carboxylic acids is 2. The normalized spacial score (nSPS) is 25.5. The third-order valence-corrected chi connectivity index (χ3v) is 4.85. The molecule has 2 aromatic heterocycles. The first kappa shape index (κ1) is 16.1. The van der Waals surface area contributed by atoms with Gasteiger partial charge in [0.15, 0.2) is 5.58 Å². The van der Waals surface area contributed by atoms with E-state index in [1.165, 1.54) is 6.07 Å². The van der Waals surface area contributed by atoms with Gasteiger partial charge in [-0.15, -0.1) is 0 Å². The molecule has 0 aliphatic carbocycles. The van der Waals surface area contributed by atoms with Gasteiger partial charge in [0.2, 0.25) is 0 Å². The summed E-state index contributed by atoms with van der Waals surface area (Å²) in [6.07, 6.45) is -2.10. The van der Waals surface area contributed by atoms with E-state index in [4.69, 9.17) is 4.42 Å². The number of hydrogen-bond acceptors (Lipinski definition) is 5. The summed E-state index contributed by atoms with van der Waals surface area (Å²) in [6, 6.07) is 1.18. The van der Waals surface area contributed by atoms with Crippen molar-refractivity contribution in [3.8, 4) is 0 Å². The highest BCUT2D eigenvalue weighted by molar-refractivity contribution is 6.10. The number of rotatable bonds is 3. The number of alkyl halides is 3. The number of ketones is 1. The maximum atomic E-state index is 12.7. The van der Waals surface area contributed by atoms with Gasteiger partial charge in [-0.05, 0) is 24.9 Å². The van der Waals surface area contributed by atoms with Gasteiger partial charge in [0.25, 0.3) is 11.7 Å². The third-order valence-electron chi connectivity index (χ3n) is 4.85. The van der Waals surface area contributed by atoms with E-state index in [1.54, 1.807) is 0 Å². The molecule has 2 aliphatic heterocycles. The first-order valence-corrected chi connectivity index (χ1v) is 7.85. The van der Waals surface area contributed by atoms with Crippen LogP contribution in [-0.2, 0) is 0 Å². The Hall–Kier alpha value is -2.42. The Kier molecular flexibility index (Phi) is 3.57. The molecule has 4 heterocycles. The van der Waals surface area contributed by atoms with E-state index in [0.29, 0.717) is 5.92 Å². The second kappa shape index (κ2) is 5.55.